The summed E-state index contributed by atoms with van der Waals surface area (Å²) in [7, 11) is 0. The summed E-state index contributed by atoms with van der Waals surface area (Å²) in [5.41, 5.74) is 1.14. The van der Waals surface area contributed by atoms with E-state index in [2.05, 4.69) is 46.5 Å². The Balaban J connectivity index is 1.94. The van der Waals surface area contributed by atoms with Crippen molar-refractivity contribution >= 4 is 11.5 Å². The lowest BCUT2D eigenvalue weighted by Gasteiger charge is -2.21. The Bertz CT molecular complexity index is 351. The Morgan fingerprint density at radius 1 is 1.26 bits per heavy atom. The van der Waals surface area contributed by atoms with Gasteiger partial charge in [0.15, 0.2) is 0 Å². The standard InChI is InChI=1S/C15H26N4/c1-3-19(4-2)15-8-7-14(12-17-15)18-13-6-5-10-16-11-9-13/h7-8,12-13,16,18H,3-6,9-11H2,1-2H3. The van der Waals surface area contributed by atoms with Gasteiger partial charge in [0, 0.05) is 19.1 Å². The topological polar surface area (TPSA) is 40.2 Å². The van der Waals surface area contributed by atoms with E-state index >= 15 is 0 Å². The Kier molecular flexibility index (Phi) is 5.45. The van der Waals surface area contributed by atoms with Crippen LogP contribution in [0, 0.1) is 0 Å². The smallest absolute Gasteiger partial charge is 0.128 e. The molecule has 19 heavy (non-hydrogen) atoms. The molecule has 0 aliphatic carbocycles. The fraction of sp³-hybridized carbons (Fsp3) is 0.667. The van der Waals surface area contributed by atoms with Crippen LogP contribution in [0.4, 0.5) is 11.5 Å². The predicted molar refractivity (Wildman–Crippen MR) is 81.9 cm³/mol. The summed E-state index contributed by atoms with van der Waals surface area (Å²) >= 11 is 0. The molecule has 2 heterocycles. The molecule has 4 nitrogen and oxygen atoms in total. The monoisotopic (exact) mass is 262 g/mol. The summed E-state index contributed by atoms with van der Waals surface area (Å²) in [4.78, 5) is 6.82. The third-order valence-corrected chi connectivity index (χ3v) is 3.78. The van der Waals surface area contributed by atoms with E-state index in [9.17, 15) is 0 Å². The first-order chi connectivity index (χ1) is 9.33. The van der Waals surface area contributed by atoms with Crippen molar-refractivity contribution in [2.45, 2.75) is 39.2 Å². The quantitative estimate of drug-likeness (QED) is 0.855. The zero-order valence-electron chi connectivity index (χ0n) is 12.2. The van der Waals surface area contributed by atoms with Gasteiger partial charge in [-0.3, -0.25) is 0 Å². The highest BCUT2D eigenvalue weighted by molar-refractivity contribution is 5.49. The van der Waals surface area contributed by atoms with E-state index < -0.39 is 0 Å². The lowest BCUT2D eigenvalue weighted by Crippen LogP contribution is -2.23. The number of nitrogens with zero attached hydrogens (tertiary/aromatic N) is 2. The predicted octanol–water partition coefficient (Wildman–Crippen LogP) is 2.48. The van der Waals surface area contributed by atoms with Crippen molar-refractivity contribution in [3.8, 4) is 0 Å². The molecule has 1 aromatic heterocycles. The first kappa shape index (κ1) is 14.1. The molecule has 1 saturated heterocycles. The van der Waals surface area contributed by atoms with Gasteiger partial charge in [0.2, 0.25) is 0 Å². The normalized spacial score (nSPS) is 19.8. The Morgan fingerprint density at radius 3 is 2.79 bits per heavy atom. The van der Waals surface area contributed by atoms with Gasteiger partial charge in [0.05, 0.1) is 11.9 Å². The Morgan fingerprint density at radius 2 is 2.11 bits per heavy atom. The van der Waals surface area contributed by atoms with Crippen LogP contribution in [0.5, 0.6) is 0 Å². The minimum Gasteiger partial charge on any atom is -0.381 e. The second-order valence-corrected chi connectivity index (χ2v) is 5.10. The minimum absolute atomic E-state index is 0.580. The molecule has 1 aliphatic heterocycles. The highest BCUT2D eigenvalue weighted by Gasteiger charge is 2.11. The molecule has 4 heteroatoms. The molecule has 2 N–H and O–H groups in total. The third kappa shape index (κ3) is 4.10. The number of aromatic nitrogens is 1. The van der Waals surface area contributed by atoms with Crippen LogP contribution in [0.15, 0.2) is 18.3 Å². The first-order valence-electron chi connectivity index (χ1n) is 7.51. The maximum Gasteiger partial charge on any atom is 0.128 e. The van der Waals surface area contributed by atoms with Crippen molar-refractivity contribution in [1.82, 2.24) is 10.3 Å². The van der Waals surface area contributed by atoms with Crippen LogP contribution in [0.25, 0.3) is 0 Å². The van der Waals surface area contributed by atoms with Crippen LogP contribution >= 0.6 is 0 Å². The molecule has 2 rings (SSSR count). The fourth-order valence-electron chi connectivity index (χ4n) is 2.61. The molecule has 0 amide bonds. The SMILES string of the molecule is CCN(CC)c1ccc(NC2CCCNCC2)cn1. The third-order valence-electron chi connectivity index (χ3n) is 3.78. The Hall–Kier alpha value is -1.29. The summed E-state index contributed by atoms with van der Waals surface area (Å²) in [5.74, 6) is 1.07. The van der Waals surface area contributed by atoms with E-state index in [4.69, 9.17) is 0 Å². The van der Waals surface area contributed by atoms with Crippen LogP contribution in [0.1, 0.15) is 33.1 Å². The molecule has 1 atom stereocenters. The molecule has 106 valence electrons. The zero-order valence-corrected chi connectivity index (χ0v) is 12.2. The van der Waals surface area contributed by atoms with Gasteiger partial charge in [-0.1, -0.05) is 0 Å². The van der Waals surface area contributed by atoms with Crippen LogP contribution in [-0.2, 0) is 0 Å². The van der Waals surface area contributed by atoms with E-state index in [-0.39, 0.29) is 0 Å². The summed E-state index contributed by atoms with van der Waals surface area (Å²) in [6.45, 7) is 8.60. The van der Waals surface area contributed by atoms with Crippen molar-refractivity contribution in [1.29, 1.82) is 0 Å². The van der Waals surface area contributed by atoms with E-state index in [0.29, 0.717) is 6.04 Å². The average molecular weight is 262 g/mol. The van der Waals surface area contributed by atoms with Crippen LogP contribution in [-0.4, -0.2) is 37.2 Å². The van der Waals surface area contributed by atoms with Gasteiger partial charge in [0.1, 0.15) is 5.82 Å². The minimum atomic E-state index is 0.580. The van der Waals surface area contributed by atoms with Crippen molar-refractivity contribution in [2.75, 3.05) is 36.4 Å². The molecule has 0 radical (unpaired) electrons. The first-order valence-corrected chi connectivity index (χ1v) is 7.51. The number of anilines is 2. The average Bonchev–Trinajstić information content (AvgIpc) is 2.71. The molecular formula is C15H26N4. The number of nitrogens with one attached hydrogen (secondary N) is 2. The fourth-order valence-corrected chi connectivity index (χ4v) is 2.61. The van der Waals surface area contributed by atoms with Crippen molar-refractivity contribution in [3.63, 3.8) is 0 Å². The molecular weight excluding hydrogens is 236 g/mol. The van der Waals surface area contributed by atoms with Gasteiger partial charge in [-0.2, -0.15) is 0 Å². The van der Waals surface area contributed by atoms with Crippen molar-refractivity contribution in [3.05, 3.63) is 18.3 Å². The lowest BCUT2D eigenvalue weighted by molar-refractivity contribution is 0.637. The molecule has 0 saturated carbocycles. The van der Waals surface area contributed by atoms with Crippen molar-refractivity contribution < 1.29 is 0 Å². The van der Waals surface area contributed by atoms with Gasteiger partial charge in [-0.05, 0) is 58.3 Å². The van der Waals surface area contributed by atoms with Gasteiger partial charge in [-0.25, -0.2) is 4.98 Å². The largest absolute Gasteiger partial charge is 0.381 e. The van der Waals surface area contributed by atoms with E-state index in [0.717, 1.165) is 37.7 Å². The molecule has 0 aromatic carbocycles. The maximum atomic E-state index is 4.56. The van der Waals surface area contributed by atoms with Crippen LogP contribution in [0.2, 0.25) is 0 Å². The molecule has 1 unspecified atom stereocenters. The second kappa shape index (κ2) is 7.34. The van der Waals surface area contributed by atoms with Gasteiger partial charge >= 0.3 is 0 Å². The van der Waals surface area contributed by atoms with E-state index in [1.807, 2.05) is 6.20 Å². The van der Waals surface area contributed by atoms with E-state index in [1.54, 1.807) is 0 Å². The maximum absolute atomic E-state index is 4.56. The molecule has 0 spiro atoms. The molecule has 0 bridgehead atoms. The number of hydrogen-bond donors (Lipinski definition) is 2. The summed E-state index contributed by atoms with van der Waals surface area (Å²) in [6.07, 6.45) is 5.65. The summed E-state index contributed by atoms with van der Waals surface area (Å²) in [5, 5.41) is 7.04. The molecule has 1 fully saturated rings. The second-order valence-electron chi connectivity index (χ2n) is 5.10. The van der Waals surface area contributed by atoms with Gasteiger partial charge in [-0.15, -0.1) is 0 Å². The highest BCUT2D eigenvalue weighted by Crippen LogP contribution is 2.17. The van der Waals surface area contributed by atoms with E-state index in [1.165, 1.54) is 19.3 Å². The number of pyridine rings is 1. The van der Waals surface area contributed by atoms with Crippen LogP contribution < -0.4 is 15.5 Å². The number of hydrogen-bond acceptors (Lipinski definition) is 4. The highest BCUT2D eigenvalue weighted by atomic mass is 15.2. The molecule has 1 aliphatic rings. The summed E-state index contributed by atoms with van der Waals surface area (Å²) in [6, 6.07) is 4.85. The van der Waals surface area contributed by atoms with Crippen LogP contribution in [0.3, 0.4) is 0 Å². The lowest BCUT2D eigenvalue weighted by atomic mass is 10.1. The van der Waals surface area contributed by atoms with Crippen molar-refractivity contribution in [2.24, 2.45) is 0 Å². The van der Waals surface area contributed by atoms with Gasteiger partial charge in [0.25, 0.3) is 0 Å². The summed E-state index contributed by atoms with van der Waals surface area (Å²) < 4.78 is 0. The molecule has 1 aromatic rings. The zero-order chi connectivity index (χ0) is 13.5. The Labute approximate surface area is 116 Å². The van der Waals surface area contributed by atoms with Gasteiger partial charge < -0.3 is 15.5 Å². The number of rotatable bonds is 5.